The van der Waals surface area contributed by atoms with E-state index in [4.69, 9.17) is 4.74 Å². The van der Waals surface area contributed by atoms with E-state index in [0.29, 0.717) is 6.54 Å². The fourth-order valence-electron chi connectivity index (χ4n) is 1.78. The third kappa shape index (κ3) is 4.00. The Labute approximate surface area is 151 Å². The van der Waals surface area contributed by atoms with Crippen molar-refractivity contribution in [3.8, 4) is 5.75 Å². The zero-order chi connectivity index (χ0) is 14.7. The molecule has 6 heteroatoms. The molecule has 0 bridgehead atoms. The van der Waals surface area contributed by atoms with E-state index in [0.717, 1.165) is 34.9 Å². The van der Waals surface area contributed by atoms with E-state index >= 15 is 0 Å². The summed E-state index contributed by atoms with van der Waals surface area (Å²) in [6, 6.07) is 9.98. The number of methoxy groups -OCH3 is 1. The van der Waals surface area contributed by atoms with E-state index in [2.05, 4.69) is 69.0 Å². The van der Waals surface area contributed by atoms with Crippen molar-refractivity contribution in [2.24, 2.45) is 0 Å². The van der Waals surface area contributed by atoms with Crippen molar-refractivity contribution in [3.63, 3.8) is 0 Å². The first-order valence-electron chi connectivity index (χ1n) is 5.72. The summed E-state index contributed by atoms with van der Waals surface area (Å²) in [4.78, 5) is 0. The molecule has 0 saturated heterocycles. The molecule has 0 amide bonds. The van der Waals surface area contributed by atoms with Gasteiger partial charge in [0, 0.05) is 30.0 Å². The second-order valence-electron chi connectivity index (χ2n) is 4.05. The molecule has 0 fully saturated rings. The molecule has 2 aromatic carbocycles. The minimum Gasteiger partial charge on any atom is -0.496 e. The largest absolute Gasteiger partial charge is 0.496 e. The van der Waals surface area contributed by atoms with Gasteiger partial charge in [-0.1, -0.05) is 31.9 Å². The minimum absolute atomic E-state index is 0.668. The number of nitrogens with one attached hydrogen (secondary N) is 1. The Morgan fingerprint density at radius 3 is 2.20 bits per heavy atom. The fourth-order valence-corrected chi connectivity index (χ4v) is 4.73. The molecular weight excluding hydrogens is 518 g/mol. The molecule has 20 heavy (non-hydrogen) atoms. The molecule has 0 saturated carbocycles. The normalized spacial score (nSPS) is 10.4. The van der Waals surface area contributed by atoms with Gasteiger partial charge in [0.15, 0.2) is 0 Å². The van der Waals surface area contributed by atoms with E-state index in [1.54, 1.807) is 7.11 Å². The number of rotatable bonds is 4. The van der Waals surface area contributed by atoms with Crippen LogP contribution in [0.15, 0.2) is 48.2 Å². The van der Waals surface area contributed by atoms with Gasteiger partial charge in [-0.2, -0.15) is 0 Å². The van der Waals surface area contributed by atoms with Crippen LogP contribution in [0.25, 0.3) is 0 Å². The van der Waals surface area contributed by atoms with Crippen LogP contribution in [-0.4, -0.2) is 7.11 Å². The molecule has 106 valence electrons. The summed E-state index contributed by atoms with van der Waals surface area (Å²) in [5, 5.41) is 3.41. The Morgan fingerprint density at radius 2 is 1.60 bits per heavy atom. The van der Waals surface area contributed by atoms with Crippen LogP contribution in [0.2, 0.25) is 0 Å². The molecule has 0 spiro atoms. The molecule has 2 rings (SSSR count). The third-order valence-corrected chi connectivity index (χ3v) is 4.91. The highest BCUT2D eigenvalue weighted by Gasteiger charge is 2.09. The summed E-state index contributed by atoms with van der Waals surface area (Å²) in [6.45, 7) is 0.668. The number of halogens is 4. The van der Waals surface area contributed by atoms with E-state index in [-0.39, 0.29) is 0 Å². The summed E-state index contributed by atoms with van der Waals surface area (Å²) < 4.78 is 9.41. The molecule has 2 nitrogen and oxygen atoms in total. The Morgan fingerprint density at radius 1 is 0.950 bits per heavy atom. The zero-order valence-corrected chi connectivity index (χ0v) is 16.9. The number of anilines is 1. The molecule has 1 N–H and O–H groups in total. The number of benzene rings is 2. The predicted octanol–water partition coefficient (Wildman–Crippen LogP) is 6.36. The maximum Gasteiger partial charge on any atom is 0.123 e. The summed E-state index contributed by atoms with van der Waals surface area (Å²) in [5.74, 6) is 0.866. The highest BCUT2D eigenvalue weighted by molar-refractivity contribution is 9.11. The molecule has 0 aliphatic rings. The van der Waals surface area contributed by atoms with Crippen LogP contribution in [-0.2, 0) is 6.54 Å². The second-order valence-corrected chi connectivity index (χ2v) is 7.59. The van der Waals surface area contributed by atoms with E-state index in [1.165, 1.54) is 0 Å². The molecule has 0 aromatic heterocycles. The SMILES string of the molecule is COc1ccc(Br)cc1CNc1c(Br)cc(Br)cc1Br. The molecule has 0 aliphatic carbocycles. The lowest BCUT2D eigenvalue weighted by molar-refractivity contribution is 0.410. The first-order valence-corrected chi connectivity index (χ1v) is 8.89. The predicted molar refractivity (Wildman–Crippen MR) is 97.6 cm³/mol. The first-order chi connectivity index (χ1) is 9.51. The van der Waals surface area contributed by atoms with Crippen molar-refractivity contribution in [3.05, 3.63) is 53.8 Å². The second kappa shape index (κ2) is 7.29. The van der Waals surface area contributed by atoms with Gasteiger partial charge in [-0.3, -0.25) is 0 Å². The lowest BCUT2D eigenvalue weighted by atomic mass is 10.2. The lowest BCUT2D eigenvalue weighted by Crippen LogP contribution is -2.03. The van der Waals surface area contributed by atoms with Crippen LogP contribution in [0.5, 0.6) is 5.75 Å². The smallest absolute Gasteiger partial charge is 0.123 e. The number of hydrogen-bond acceptors (Lipinski definition) is 2. The summed E-state index contributed by atoms with van der Waals surface area (Å²) >= 11 is 14.1. The molecule has 0 atom stereocenters. The maximum absolute atomic E-state index is 5.38. The Balaban J connectivity index is 2.23. The number of ether oxygens (including phenoxy) is 1. The summed E-state index contributed by atoms with van der Waals surface area (Å²) in [7, 11) is 1.68. The third-order valence-electron chi connectivity index (χ3n) is 2.70. The van der Waals surface area contributed by atoms with Crippen LogP contribution in [0.4, 0.5) is 5.69 Å². The molecule has 0 aliphatic heterocycles. The maximum atomic E-state index is 5.38. The van der Waals surface area contributed by atoms with Gasteiger partial charge >= 0.3 is 0 Å². The van der Waals surface area contributed by atoms with Crippen LogP contribution in [0.3, 0.4) is 0 Å². The first kappa shape index (κ1) is 16.3. The zero-order valence-electron chi connectivity index (χ0n) is 10.5. The highest BCUT2D eigenvalue weighted by atomic mass is 79.9. The Kier molecular flexibility index (Phi) is 5.95. The summed E-state index contributed by atoms with van der Waals surface area (Å²) in [6.07, 6.45) is 0. The topological polar surface area (TPSA) is 21.3 Å². The van der Waals surface area contributed by atoms with Crippen molar-refractivity contribution in [1.82, 2.24) is 0 Å². The fraction of sp³-hybridized carbons (Fsp3) is 0.143. The van der Waals surface area contributed by atoms with E-state index in [9.17, 15) is 0 Å². The minimum atomic E-state index is 0.668. The molecule has 0 unspecified atom stereocenters. The van der Waals surface area contributed by atoms with Gasteiger partial charge < -0.3 is 10.1 Å². The van der Waals surface area contributed by atoms with Crippen LogP contribution >= 0.6 is 63.7 Å². The Bertz CT molecular complexity index is 608. The molecular formula is C14H11Br4NO. The molecule has 2 aromatic rings. The number of hydrogen-bond donors (Lipinski definition) is 1. The van der Waals surface area contributed by atoms with Crippen molar-refractivity contribution in [2.75, 3.05) is 12.4 Å². The van der Waals surface area contributed by atoms with Crippen molar-refractivity contribution >= 4 is 69.4 Å². The average Bonchev–Trinajstić information content (AvgIpc) is 2.37. The van der Waals surface area contributed by atoms with Crippen molar-refractivity contribution < 1.29 is 4.74 Å². The van der Waals surface area contributed by atoms with E-state index < -0.39 is 0 Å². The van der Waals surface area contributed by atoms with Gasteiger partial charge in [0.05, 0.1) is 12.8 Å². The highest BCUT2D eigenvalue weighted by Crippen LogP contribution is 2.35. The van der Waals surface area contributed by atoms with Crippen LogP contribution in [0.1, 0.15) is 5.56 Å². The van der Waals surface area contributed by atoms with E-state index in [1.807, 2.05) is 30.3 Å². The quantitative estimate of drug-likeness (QED) is 0.499. The standard InChI is InChI=1S/C14H11Br4NO/c1-20-13-3-2-9(15)4-8(13)7-19-14-11(17)5-10(16)6-12(14)18/h2-6,19H,7H2,1H3. The van der Waals surface area contributed by atoms with Gasteiger partial charge in [0.2, 0.25) is 0 Å². The monoisotopic (exact) mass is 525 g/mol. The molecule has 0 heterocycles. The van der Waals surface area contributed by atoms with Gasteiger partial charge in [-0.05, 0) is 62.2 Å². The average molecular weight is 529 g/mol. The molecule has 0 radical (unpaired) electrons. The van der Waals surface area contributed by atoms with Crippen molar-refractivity contribution in [1.29, 1.82) is 0 Å². The van der Waals surface area contributed by atoms with Gasteiger partial charge in [-0.15, -0.1) is 0 Å². The van der Waals surface area contributed by atoms with Gasteiger partial charge in [0.25, 0.3) is 0 Å². The van der Waals surface area contributed by atoms with Gasteiger partial charge in [0.1, 0.15) is 5.75 Å². The Hall–Kier alpha value is -0.0400. The van der Waals surface area contributed by atoms with Gasteiger partial charge in [-0.25, -0.2) is 0 Å². The van der Waals surface area contributed by atoms with Crippen molar-refractivity contribution in [2.45, 2.75) is 6.54 Å². The lowest BCUT2D eigenvalue weighted by Gasteiger charge is -2.14. The van der Waals surface area contributed by atoms with Crippen LogP contribution < -0.4 is 10.1 Å². The van der Waals surface area contributed by atoms with Crippen LogP contribution in [0, 0.1) is 0 Å². The summed E-state index contributed by atoms with van der Waals surface area (Å²) in [5.41, 5.74) is 2.10.